The molecule has 2 heterocycles. The zero-order chi connectivity index (χ0) is 11.9. The van der Waals surface area contributed by atoms with Gasteiger partial charge in [-0.05, 0) is 19.8 Å². The fraction of sp³-hybridized carbons (Fsp3) is 0.600. The van der Waals surface area contributed by atoms with Crippen LogP contribution in [0.2, 0.25) is 0 Å². The second-order valence-corrected chi connectivity index (χ2v) is 4.69. The molecule has 1 saturated carbocycles. The second-order valence-electron chi connectivity index (χ2n) is 4.69. The molecule has 7 nitrogen and oxygen atoms in total. The van der Waals surface area contributed by atoms with Crippen LogP contribution in [0.25, 0.3) is 11.5 Å². The van der Waals surface area contributed by atoms with E-state index in [1.54, 1.807) is 6.20 Å². The van der Waals surface area contributed by atoms with E-state index in [-0.39, 0.29) is 11.5 Å². The van der Waals surface area contributed by atoms with Gasteiger partial charge in [0.15, 0.2) is 5.69 Å². The van der Waals surface area contributed by atoms with Gasteiger partial charge < -0.3 is 10.3 Å². The van der Waals surface area contributed by atoms with E-state index in [4.69, 9.17) is 10.3 Å². The molecule has 2 aromatic rings. The number of rotatable bonds is 2. The molecule has 0 aliphatic heterocycles. The fourth-order valence-electron chi connectivity index (χ4n) is 2.33. The number of nitrogens with zero attached hydrogens (tertiary/aromatic N) is 4. The molecular formula is C10H14N6O. The van der Waals surface area contributed by atoms with Gasteiger partial charge in [0.25, 0.3) is 0 Å². The van der Waals surface area contributed by atoms with Gasteiger partial charge in [-0.25, -0.2) is 0 Å². The predicted octanol–water partition coefficient (Wildman–Crippen LogP) is 0.624. The number of aromatic nitrogens is 5. The lowest BCUT2D eigenvalue weighted by Gasteiger charge is -2.23. The average molecular weight is 234 g/mol. The zero-order valence-electron chi connectivity index (χ0n) is 9.55. The first kappa shape index (κ1) is 10.4. The summed E-state index contributed by atoms with van der Waals surface area (Å²) in [4.78, 5) is 4.38. The van der Waals surface area contributed by atoms with Crippen molar-refractivity contribution in [3.63, 3.8) is 0 Å². The monoisotopic (exact) mass is 234 g/mol. The van der Waals surface area contributed by atoms with Crippen LogP contribution in [-0.2, 0) is 5.41 Å². The highest BCUT2D eigenvalue weighted by Gasteiger charge is 2.42. The lowest BCUT2D eigenvalue weighted by atomic mass is 9.85. The highest BCUT2D eigenvalue weighted by molar-refractivity contribution is 5.45. The molecule has 0 saturated heterocycles. The molecule has 0 amide bonds. The van der Waals surface area contributed by atoms with Crippen LogP contribution in [0.5, 0.6) is 0 Å². The van der Waals surface area contributed by atoms with E-state index in [1.807, 2.05) is 0 Å². The van der Waals surface area contributed by atoms with Gasteiger partial charge in [-0.3, -0.25) is 0 Å². The lowest BCUT2D eigenvalue weighted by molar-refractivity contribution is 0.278. The molecular weight excluding hydrogens is 220 g/mol. The van der Waals surface area contributed by atoms with Crippen molar-refractivity contribution in [2.24, 2.45) is 5.73 Å². The van der Waals surface area contributed by atoms with Gasteiger partial charge in [0, 0.05) is 6.04 Å². The molecule has 1 aliphatic carbocycles. The summed E-state index contributed by atoms with van der Waals surface area (Å²) in [5, 5.41) is 14.1. The van der Waals surface area contributed by atoms with Crippen molar-refractivity contribution in [1.29, 1.82) is 0 Å². The van der Waals surface area contributed by atoms with E-state index in [0.717, 1.165) is 19.3 Å². The Bertz CT molecular complexity index is 507. The third kappa shape index (κ3) is 1.54. The molecule has 1 fully saturated rings. The average Bonchev–Trinajstić information content (AvgIpc) is 3.01. The van der Waals surface area contributed by atoms with E-state index in [1.165, 1.54) is 0 Å². The molecule has 0 radical (unpaired) electrons. The number of aromatic amines is 1. The summed E-state index contributed by atoms with van der Waals surface area (Å²) in [6, 6.07) is 0.0770. The van der Waals surface area contributed by atoms with Gasteiger partial charge in [0.05, 0.1) is 11.6 Å². The maximum Gasteiger partial charge on any atom is 0.234 e. The van der Waals surface area contributed by atoms with E-state index in [2.05, 4.69) is 32.5 Å². The van der Waals surface area contributed by atoms with E-state index in [0.29, 0.717) is 17.4 Å². The first-order valence-electron chi connectivity index (χ1n) is 5.66. The zero-order valence-corrected chi connectivity index (χ0v) is 9.55. The molecule has 2 unspecified atom stereocenters. The maximum absolute atomic E-state index is 6.11. The SMILES string of the molecule is CC1(c2nc(-c3cn[nH]n3)no2)CCCC1N. The molecule has 0 bridgehead atoms. The van der Waals surface area contributed by atoms with Crippen molar-refractivity contribution in [3.8, 4) is 11.5 Å². The summed E-state index contributed by atoms with van der Waals surface area (Å²) >= 11 is 0. The van der Waals surface area contributed by atoms with Crippen LogP contribution in [0.1, 0.15) is 32.1 Å². The van der Waals surface area contributed by atoms with Crippen molar-refractivity contribution in [2.45, 2.75) is 37.6 Å². The summed E-state index contributed by atoms with van der Waals surface area (Å²) in [6.07, 6.45) is 4.64. The Morgan fingerprint density at radius 3 is 3.12 bits per heavy atom. The minimum atomic E-state index is -0.213. The minimum absolute atomic E-state index is 0.0770. The summed E-state index contributed by atoms with van der Waals surface area (Å²) in [6.45, 7) is 2.07. The Morgan fingerprint density at radius 2 is 2.47 bits per heavy atom. The summed E-state index contributed by atoms with van der Waals surface area (Å²) in [7, 11) is 0. The maximum atomic E-state index is 6.11. The quantitative estimate of drug-likeness (QED) is 0.789. The third-order valence-electron chi connectivity index (χ3n) is 3.59. The molecule has 3 N–H and O–H groups in total. The van der Waals surface area contributed by atoms with Crippen molar-refractivity contribution in [1.82, 2.24) is 25.6 Å². The Labute approximate surface area is 97.8 Å². The largest absolute Gasteiger partial charge is 0.338 e. The third-order valence-corrected chi connectivity index (χ3v) is 3.59. The number of hydrogen-bond donors (Lipinski definition) is 2. The Morgan fingerprint density at radius 1 is 1.59 bits per heavy atom. The normalized spacial score (nSPS) is 28.7. The summed E-state index contributed by atoms with van der Waals surface area (Å²) in [5.74, 6) is 1.05. The second kappa shape index (κ2) is 3.63. The number of nitrogens with one attached hydrogen (secondary N) is 1. The van der Waals surface area contributed by atoms with Gasteiger partial charge >= 0.3 is 0 Å². The standard InChI is InChI=1S/C10H14N6O/c1-10(4-2-3-7(10)11)9-13-8(15-17-9)6-5-12-16-14-6/h5,7H,2-4,11H2,1H3,(H,12,14,16). The van der Waals surface area contributed by atoms with Crippen LogP contribution >= 0.6 is 0 Å². The van der Waals surface area contributed by atoms with Gasteiger partial charge in [-0.2, -0.15) is 20.4 Å². The van der Waals surface area contributed by atoms with Gasteiger partial charge in [-0.1, -0.05) is 11.6 Å². The predicted molar refractivity (Wildman–Crippen MR) is 58.9 cm³/mol. The van der Waals surface area contributed by atoms with E-state index >= 15 is 0 Å². The van der Waals surface area contributed by atoms with Crippen LogP contribution < -0.4 is 5.73 Å². The molecule has 90 valence electrons. The summed E-state index contributed by atoms with van der Waals surface area (Å²) in [5.41, 5.74) is 6.48. The first-order valence-corrected chi connectivity index (χ1v) is 5.66. The van der Waals surface area contributed by atoms with Crippen LogP contribution in [0.15, 0.2) is 10.7 Å². The topological polar surface area (TPSA) is 107 Å². The molecule has 0 aromatic carbocycles. The number of nitrogens with two attached hydrogens (primary N) is 1. The molecule has 1 aliphatic rings. The Balaban J connectivity index is 1.95. The molecule has 17 heavy (non-hydrogen) atoms. The van der Waals surface area contributed by atoms with Gasteiger partial charge in [-0.15, -0.1) is 0 Å². The van der Waals surface area contributed by atoms with Crippen LogP contribution in [-0.4, -0.2) is 31.6 Å². The van der Waals surface area contributed by atoms with Crippen molar-refractivity contribution in [2.75, 3.05) is 0 Å². The van der Waals surface area contributed by atoms with Gasteiger partial charge in [0.1, 0.15) is 0 Å². The summed E-state index contributed by atoms with van der Waals surface area (Å²) < 4.78 is 5.32. The molecule has 7 heteroatoms. The molecule has 0 spiro atoms. The van der Waals surface area contributed by atoms with E-state index in [9.17, 15) is 0 Å². The van der Waals surface area contributed by atoms with Crippen LogP contribution in [0.4, 0.5) is 0 Å². The lowest BCUT2D eigenvalue weighted by Crippen LogP contribution is -2.38. The highest BCUT2D eigenvalue weighted by atomic mass is 16.5. The van der Waals surface area contributed by atoms with Crippen molar-refractivity contribution >= 4 is 0 Å². The van der Waals surface area contributed by atoms with E-state index < -0.39 is 0 Å². The van der Waals surface area contributed by atoms with Crippen molar-refractivity contribution in [3.05, 3.63) is 12.1 Å². The number of H-pyrrole nitrogens is 1. The van der Waals surface area contributed by atoms with Crippen LogP contribution in [0.3, 0.4) is 0 Å². The smallest absolute Gasteiger partial charge is 0.234 e. The molecule has 3 rings (SSSR count). The molecule has 2 atom stereocenters. The van der Waals surface area contributed by atoms with Gasteiger partial charge in [0.2, 0.25) is 11.7 Å². The minimum Gasteiger partial charge on any atom is -0.338 e. The fourth-order valence-corrected chi connectivity index (χ4v) is 2.33. The molecule has 2 aromatic heterocycles. The Hall–Kier alpha value is -1.76. The van der Waals surface area contributed by atoms with Crippen LogP contribution in [0, 0.1) is 0 Å². The number of hydrogen-bond acceptors (Lipinski definition) is 6. The Kier molecular flexibility index (Phi) is 2.22. The van der Waals surface area contributed by atoms with Crippen molar-refractivity contribution < 1.29 is 4.52 Å². The highest BCUT2D eigenvalue weighted by Crippen LogP contribution is 2.39. The first-order chi connectivity index (χ1) is 8.20.